The van der Waals surface area contributed by atoms with Crippen molar-refractivity contribution < 1.29 is 32.7 Å². The van der Waals surface area contributed by atoms with Gasteiger partial charge in [-0.25, -0.2) is 4.79 Å². The maximum atomic E-state index is 13.9. The molecule has 4 rings (SSSR count). The molecule has 0 radical (unpaired) electrons. The number of allylic oxidation sites excluding steroid dienone is 2. The molecule has 1 heterocycles. The van der Waals surface area contributed by atoms with Crippen LogP contribution in [0.25, 0.3) is 0 Å². The van der Waals surface area contributed by atoms with Crippen LogP contribution in [0.15, 0.2) is 54.1 Å². The Morgan fingerprint density at radius 2 is 1.50 bits per heavy atom. The number of ether oxygens (including phenoxy) is 3. The second kappa shape index (κ2) is 15.5. The Morgan fingerprint density at radius 1 is 0.880 bits per heavy atom. The molecule has 0 spiro atoms. The van der Waals surface area contributed by atoms with Crippen LogP contribution in [-0.2, 0) is 39.3 Å². The summed E-state index contributed by atoms with van der Waals surface area (Å²) in [5, 5.41) is 0.113. The van der Waals surface area contributed by atoms with Crippen molar-refractivity contribution in [1.82, 2.24) is 0 Å². The van der Waals surface area contributed by atoms with Crippen molar-refractivity contribution in [2.75, 3.05) is 0 Å². The van der Waals surface area contributed by atoms with Gasteiger partial charge in [0.2, 0.25) is 0 Å². The van der Waals surface area contributed by atoms with Gasteiger partial charge in [-0.3, -0.25) is 4.79 Å². The lowest BCUT2D eigenvalue weighted by atomic mass is 9.66. The largest absolute Gasteiger partial charge is 0.462 e. The van der Waals surface area contributed by atoms with Gasteiger partial charge in [-0.1, -0.05) is 97.0 Å². The summed E-state index contributed by atoms with van der Waals surface area (Å²) in [6, 6.07) is 9.89. The number of hydrogen-bond acceptors (Lipinski definition) is 7. The van der Waals surface area contributed by atoms with E-state index >= 15 is 0 Å². The lowest BCUT2D eigenvalue weighted by Crippen LogP contribution is -2.50. The molecule has 7 nitrogen and oxygen atoms in total. The third-order valence-corrected chi connectivity index (χ3v) is 21.1. The van der Waals surface area contributed by atoms with Crippen molar-refractivity contribution in [3.63, 3.8) is 0 Å². The Morgan fingerprint density at radius 3 is 2.12 bits per heavy atom. The number of hydrogen-bond donors (Lipinski definition) is 0. The van der Waals surface area contributed by atoms with Crippen molar-refractivity contribution in [1.29, 1.82) is 0 Å². The first-order valence-electron chi connectivity index (χ1n) is 18.8. The van der Waals surface area contributed by atoms with Gasteiger partial charge in [-0.15, -0.1) is 0 Å². The Labute approximate surface area is 305 Å². The molecule has 0 bridgehead atoms. The van der Waals surface area contributed by atoms with Crippen LogP contribution in [-0.4, -0.2) is 58.6 Å². The maximum absolute atomic E-state index is 13.9. The minimum atomic E-state index is -2.11. The number of carbonyl (C=O) groups is 2. The number of cyclic esters (lactones) is 1. The van der Waals surface area contributed by atoms with E-state index in [1.54, 1.807) is 13.8 Å². The summed E-state index contributed by atoms with van der Waals surface area (Å²) in [7, 11) is -4.14. The first-order chi connectivity index (χ1) is 23.0. The van der Waals surface area contributed by atoms with Crippen molar-refractivity contribution in [2.45, 2.75) is 167 Å². The van der Waals surface area contributed by atoms with Crippen LogP contribution in [0.5, 0.6) is 0 Å². The highest BCUT2D eigenvalue weighted by atomic mass is 28.4. The first-order valence-corrected chi connectivity index (χ1v) is 24.6. The standard InChI is InChI=1S/C41H66O7Si2/c1-28-19-20-30-23-32(47-49(10,11)39(2,3)4)25-35(46-38(43)41(8,9)44-27-29-17-15-14-16-18-29)37(30)34(28)22-21-31-24-33(26-36(42)45-31)48-50(12,13)40(5,6)7/h14-20,23,28,31-35,37H,21-22,24-27H2,1-13H3/t28-,31+,32+,33+,34-,35-,37-/m0/s1. The Bertz CT molecular complexity index is 1390. The molecule has 1 aliphatic heterocycles. The smallest absolute Gasteiger partial charge is 0.338 e. The summed E-state index contributed by atoms with van der Waals surface area (Å²) in [5.41, 5.74) is 1.04. The summed E-state index contributed by atoms with van der Waals surface area (Å²) < 4.78 is 32.3. The third-order valence-electron chi connectivity index (χ3n) is 12.1. The Balaban J connectivity index is 1.55. The SMILES string of the molecule is C[C@H]1C=CC2=C[C@@H](O[Si](C)(C)C(C)(C)C)C[C@H](OC(=O)C(C)(C)OCc3ccccc3)[C@@H]2[C@H]1CC[C@@H]1C[C@@H](O[Si](C)(C)C(C)(C)C)CC(=O)O1. The molecule has 1 aromatic rings. The average molecular weight is 727 g/mol. The van der Waals surface area contributed by atoms with E-state index in [9.17, 15) is 9.59 Å². The average Bonchev–Trinajstić information content (AvgIpc) is 2.98. The molecule has 0 N–H and O–H groups in total. The normalized spacial score (nSPS) is 28.1. The molecule has 50 heavy (non-hydrogen) atoms. The third kappa shape index (κ3) is 10.1. The van der Waals surface area contributed by atoms with E-state index in [1.807, 2.05) is 30.3 Å². The molecule has 9 heteroatoms. The highest BCUT2D eigenvalue weighted by molar-refractivity contribution is 6.74. The molecule has 0 amide bonds. The zero-order valence-corrected chi connectivity index (χ0v) is 35.3. The zero-order valence-electron chi connectivity index (χ0n) is 33.3. The van der Waals surface area contributed by atoms with E-state index in [-0.39, 0.29) is 64.2 Å². The minimum absolute atomic E-state index is 0.00158. The molecule has 1 saturated heterocycles. The quantitative estimate of drug-likeness (QED) is 0.157. The van der Waals surface area contributed by atoms with Crippen LogP contribution in [0.3, 0.4) is 0 Å². The summed E-state index contributed by atoms with van der Waals surface area (Å²) in [6.45, 7) is 28.6. The highest BCUT2D eigenvalue weighted by Crippen LogP contribution is 2.47. The van der Waals surface area contributed by atoms with Gasteiger partial charge in [0, 0.05) is 18.8 Å². The number of carbonyl (C=O) groups excluding carboxylic acids is 2. The van der Waals surface area contributed by atoms with E-state index in [2.05, 4.69) is 92.9 Å². The number of rotatable bonds is 12. The van der Waals surface area contributed by atoms with Gasteiger partial charge in [0.05, 0.1) is 25.2 Å². The lowest BCUT2D eigenvalue weighted by Gasteiger charge is -2.46. The number of esters is 2. The number of benzene rings is 1. The summed E-state index contributed by atoms with van der Waals surface area (Å²) >= 11 is 0. The zero-order chi connectivity index (χ0) is 37.3. The molecular formula is C41H66O7Si2. The van der Waals surface area contributed by atoms with Crippen molar-refractivity contribution in [3.8, 4) is 0 Å². The molecule has 280 valence electrons. The second-order valence-corrected chi connectivity index (χ2v) is 28.1. The summed E-state index contributed by atoms with van der Waals surface area (Å²) in [4.78, 5) is 26.8. The van der Waals surface area contributed by atoms with Crippen LogP contribution in [0.4, 0.5) is 0 Å². The van der Waals surface area contributed by atoms with Crippen LogP contribution in [0, 0.1) is 17.8 Å². The van der Waals surface area contributed by atoms with Crippen LogP contribution in [0.1, 0.15) is 100.0 Å². The van der Waals surface area contributed by atoms with Crippen molar-refractivity contribution >= 4 is 28.6 Å². The fraction of sp³-hybridized carbons (Fsp3) is 0.707. The predicted octanol–water partition coefficient (Wildman–Crippen LogP) is 9.93. The van der Waals surface area contributed by atoms with Crippen LogP contribution < -0.4 is 0 Å². The van der Waals surface area contributed by atoms with E-state index in [0.29, 0.717) is 19.4 Å². The Kier molecular flexibility index (Phi) is 12.6. The topological polar surface area (TPSA) is 80.3 Å². The van der Waals surface area contributed by atoms with Gasteiger partial charge < -0.3 is 23.1 Å². The molecule has 2 aliphatic carbocycles. The van der Waals surface area contributed by atoms with Gasteiger partial charge in [-0.05, 0) is 85.9 Å². The molecule has 3 aliphatic rings. The molecule has 1 aromatic carbocycles. The maximum Gasteiger partial charge on any atom is 0.338 e. The molecule has 1 fully saturated rings. The lowest BCUT2D eigenvalue weighted by molar-refractivity contribution is -0.180. The minimum Gasteiger partial charge on any atom is -0.462 e. The summed E-state index contributed by atoms with van der Waals surface area (Å²) in [6.07, 6.45) is 9.16. The Hall–Kier alpha value is -2.05. The monoisotopic (exact) mass is 726 g/mol. The second-order valence-electron chi connectivity index (χ2n) is 18.6. The van der Waals surface area contributed by atoms with Crippen molar-refractivity contribution in [3.05, 3.63) is 59.7 Å². The van der Waals surface area contributed by atoms with Gasteiger partial charge >= 0.3 is 11.9 Å². The summed E-state index contributed by atoms with van der Waals surface area (Å²) in [5.74, 6) is -0.0704. The van der Waals surface area contributed by atoms with Gasteiger partial charge in [0.15, 0.2) is 22.2 Å². The molecule has 0 aromatic heterocycles. The fourth-order valence-corrected chi connectivity index (χ4v) is 9.51. The van der Waals surface area contributed by atoms with Gasteiger partial charge in [0.1, 0.15) is 12.2 Å². The van der Waals surface area contributed by atoms with Gasteiger partial charge in [-0.2, -0.15) is 0 Å². The molecule has 7 atom stereocenters. The van der Waals surface area contributed by atoms with Crippen LogP contribution >= 0.6 is 0 Å². The van der Waals surface area contributed by atoms with Crippen LogP contribution in [0.2, 0.25) is 36.3 Å². The van der Waals surface area contributed by atoms with Crippen molar-refractivity contribution in [2.24, 2.45) is 17.8 Å². The van der Waals surface area contributed by atoms with E-state index in [0.717, 1.165) is 24.8 Å². The highest BCUT2D eigenvalue weighted by Gasteiger charge is 2.47. The predicted molar refractivity (Wildman–Crippen MR) is 206 cm³/mol. The molecular weight excluding hydrogens is 661 g/mol. The molecule has 0 saturated carbocycles. The van der Waals surface area contributed by atoms with E-state index < -0.39 is 22.2 Å². The van der Waals surface area contributed by atoms with E-state index in [4.69, 9.17) is 23.1 Å². The first kappa shape index (κ1) is 40.7. The molecule has 0 unspecified atom stereocenters. The van der Waals surface area contributed by atoms with E-state index in [1.165, 1.54) is 5.57 Å². The fourth-order valence-electron chi connectivity index (χ4n) is 6.87. The van der Waals surface area contributed by atoms with Gasteiger partial charge in [0.25, 0.3) is 0 Å². The number of fused-ring (bicyclic) bond motifs is 1.